The Kier molecular flexibility index (Phi) is 15.3. The van der Waals surface area contributed by atoms with Gasteiger partial charge in [-0.05, 0) is 68.6 Å². The van der Waals surface area contributed by atoms with E-state index in [4.69, 9.17) is 18.9 Å². The first kappa shape index (κ1) is 34.9. The van der Waals surface area contributed by atoms with Crippen molar-refractivity contribution >= 4 is 24.1 Å². The highest BCUT2D eigenvalue weighted by molar-refractivity contribution is 5.77. The van der Waals surface area contributed by atoms with Gasteiger partial charge < -0.3 is 29.4 Å². The van der Waals surface area contributed by atoms with Crippen molar-refractivity contribution in [2.45, 2.75) is 106 Å². The summed E-state index contributed by atoms with van der Waals surface area (Å²) in [4.78, 5) is 48.7. The number of carboxylic acid groups (broad SMARTS) is 1. The van der Waals surface area contributed by atoms with Crippen LogP contribution in [0.25, 0.3) is 0 Å². The predicted octanol–water partition coefficient (Wildman–Crippen LogP) is 5.54. The van der Waals surface area contributed by atoms with E-state index in [0.717, 1.165) is 0 Å². The molecule has 1 aromatic rings. The molecule has 10 heteroatoms. The fraction of sp³-hybridized carbons (Fsp3) is 0.667. The second-order valence-electron chi connectivity index (χ2n) is 11.3. The normalized spacial score (nSPS) is 13.6. The summed E-state index contributed by atoms with van der Waals surface area (Å²) < 4.78 is 21.4. The van der Waals surface area contributed by atoms with Crippen molar-refractivity contribution in [3.05, 3.63) is 23.8 Å². The van der Waals surface area contributed by atoms with Crippen LogP contribution in [0.2, 0.25) is 0 Å². The molecule has 0 aliphatic rings. The number of nitrogens with one attached hydrogen (secondary N) is 1. The zero-order chi connectivity index (χ0) is 30.4. The van der Waals surface area contributed by atoms with Gasteiger partial charge in [0.1, 0.15) is 18.2 Å². The minimum absolute atomic E-state index is 0.0367. The summed E-state index contributed by atoms with van der Waals surface area (Å²) in [6.07, 6.45) is -0.0304. The van der Waals surface area contributed by atoms with Gasteiger partial charge in [-0.15, -0.1) is 0 Å². The molecule has 0 aliphatic heterocycles. The zero-order valence-electron chi connectivity index (χ0n) is 25.2. The van der Waals surface area contributed by atoms with Gasteiger partial charge in [0.05, 0.1) is 0 Å². The Morgan fingerprint density at radius 3 is 1.85 bits per heavy atom. The third kappa shape index (κ3) is 14.3. The Balaban J connectivity index is 2.95. The Morgan fingerprint density at radius 2 is 1.35 bits per heavy atom. The molecule has 0 aliphatic carbocycles. The molecular formula is C30H47NO9. The lowest BCUT2D eigenvalue weighted by molar-refractivity contribution is -0.139. The third-order valence-electron chi connectivity index (χ3n) is 6.22. The number of hydrogen-bond acceptors (Lipinski definition) is 9. The highest BCUT2D eigenvalue weighted by atomic mass is 16.7. The van der Waals surface area contributed by atoms with E-state index < -0.39 is 36.2 Å². The molecule has 0 amide bonds. The van der Waals surface area contributed by atoms with Gasteiger partial charge in [-0.2, -0.15) is 0 Å². The second kappa shape index (κ2) is 17.5. The summed E-state index contributed by atoms with van der Waals surface area (Å²) in [5.74, 6) is -1.09. The summed E-state index contributed by atoms with van der Waals surface area (Å²) in [6.45, 7) is 15.3. The van der Waals surface area contributed by atoms with E-state index in [1.807, 2.05) is 41.5 Å². The number of carboxylic acids is 1. The molecular weight excluding hydrogens is 518 g/mol. The average Bonchev–Trinajstić information content (AvgIpc) is 2.85. The molecule has 0 bridgehead atoms. The molecule has 40 heavy (non-hydrogen) atoms. The van der Waals surface area contributed by atoms with Crippen LogP contribution in [0.4, 0.5) is 4.79 Å². The Hall–Kier alpha value is -3.14. The fourth-order valence-electron chi connectivity index (χ4n) is 3.32. The van der Waals surface area contributed by atoms with Crippen molar-refractivity contribution in [2.24, 2.45) is 17.8 Å². The second-order valence-corrected chi connectivity index (χ2v) is 11.3. The minimum atomic E-state index is -1.11. The molecule has 0 saturated heterocycles. The van der Waals surface area contributed by atoms with Crippen molar-refractivity contribution < 1.29 is 43.2 Å². The van der Waals surface area contributed by atoms with Gasteiger partial charge in [-0.25, -0.2) is 4.79 Å². The van der Waals surface area contributed by atoms with E-state index in [1.54, 1.807) is 19.9 Å². The zero-order valence-corrected chi connectivity index (χ0v) is 25.2. The van der Waals surface area contributed by atoms with Crippen molar-refractivity contribution in [2.75, 3.05) is 6.54 Å². The first-order chi connectivity index (χ1) is 18.7. The number of rotatable bonds is 17. The molecule has 2 N–H and O–H groups in total. The van der Waals surface area contributed by atoms with Crippen molar-refractivity contribution in [1.82, 2.24) is 5.32 Å². The van der Waals surface area contributed by atoms with Gasteiger partial charge in [0.25, 0.3) is 0 Å². The maximum absolute atomic E-state index is 12.5. The molecule has 0 fully saturated rings. The number of ether oxygens (including phenoxy) is 4. The lowest BCUT2D eigenvalue weighted by Crippen LogP contribution is -2.43. The molecule has 1 rings (SSSR count). The van der Waals surface area contributed by atoms with Crippen LogP contribution in [-0.4, -0.2) is 54.0 Å². The van der Waals surface area contributed by atoms with Gasteiger partial charge in [0.2, 0.25) is 0 Å². The minimum Gasteiger partial charge on any atom is -0.480 e. The molecule has 3 atom stereocenters. The fourth-order valence-corrected chi connectivity index (χ4v) is 3.32. The standard InChI is InChI=1S/C30H47NO9/c1-18(2)9-13-27(32)39-25-12-11-23(16-26(25)40-28(33)14-10-19(3)4)15-24(29(34)35)31-17-21(7)37-30(36)38-22(8)20(5)6/h11-12,16,18-22,24,31H,9-10,13-15,17H2,1-8H3,(H,34,35)/t21?,22?,24-/m0/s1. The SMILES string of the molecule is CC(C)CCC(=O)Oc1ccc(C[C@H](NCC(C)OC(=O)OC(C)C(C)C)C(=O)O)cc1OC(=O)CCC(C)C. The van der Waals surface area contributed by atoms with Gasteiger partial charge in [0, 0.05) is 19.4 Å². The average molecular weight is 566 g/mol. The van der Waals surface area contributed by atoms with Crippen LogP contribution in [0.15, 0.2) is 18.2 Å². The van der Waals surface area contributed by atoms with Crippen LogP contribution in [0.5, 0.6) is 11.5 Å². The summed E-state index contributed by atoms with van der Waals surface area (Å²) in [6, 6.07) is 3.62. The molecule has 10 nitrogen and oxygen atoms in total. The first-order valence-corrected chi connectivity index (χ1v) is 14.1. The van der Waals surface area contributed by atoms with Gasteiger partial charge >= 0.3 is 24.1 Å². The number of aliphatic carboxylic acids is 1. The van der Waals surface area contributed by atoms with E-state index in [2.05, 4.69) is 5.32 Å². The molecule has 0 spiro atoms. The maximum Gasteiger partial charge on any atom is 0.508 e. The summed E-state index contributed by atoms with van der Waals surface area (Å²) in [5, 5.41) is 12.7. The quantitative estimate of drug-likeness (QED) is 0.183. The maximum atomic E-state index is 12.5. The predicted molar refractivity (Wildman–Crippen MR) is 150 cm³/mol. The summed E-state index contributed by atoms with van der Waals surface area (Å²) in [5.41, 5.74) is 0.548. The molecule has 0 saturated carbocycles. The lowest BCUT2D eigenvalue weighted by Gasteiger charge is -2.21. The van der Waals surface area contributed by atoms with Crippen LogP contribution in [0, 0.1) is 17.8 Å². The van der Waals surface area contributed by atoms with Gasteiger partial charge in [-0.1, -0.05) is 47.6 Å². The smallest absolute Gasteiger partial charge is 0.480 e. The van der Waals surface area contributed by atoms with Crippen molar-refractivity contribution in [1.29, 1.82) is 0 Å². The number of esters is 2. The summed E-state index contributed by atoms with van der Waals surface area (Å²) in [7, 11) is 0. The number of hydrogen-bond donors (Lipinski definition) is 2. The van der Waals surface area contributed by atoms with Crippen LogP contribution in [0.1, 0.15) is 86.6 Å². The molecule has 226 valence electrons. The largest absolute Gasteiger partial charge is 0.508 e. The Morgan fingerprint density at radius 1 is 0.800 bits per heavy atom. The highest BCUT2D eigenvalue weighted by Gasteiger charge is 2.23. The van der Waals surface area contributed by atoms with E-state index in [9.17, 15) is 24.3 Å². The monoisotopic (exact) mass is 565 g/mol. The topological polar surface area (TPSA) is 137 Å². The van der Waals surface area contributed by atoms with Crippen molar-refractivity contribution in [3.63, 3.8) is 0 Å². The molecule has 0 radical (unpaired) electrons. The van der Waals surface area contributed by atoms with Crippen LogP contribution < -0.4 is 14.8 Å². The number of benzene rings is 1. The van der Waals surface area contributed by atoms with E-state index in [1.165, 1.54) is 12.1 Å². The Bertz CT molecular complexity index is 974. The molecule has 1 aromatic carbocycles. The molecule has 0 heterocycles. The van der Waals surface area contributed by atoms with E-state index in [-0.39, 0.29) is 49.3 Å². The van der Waals surface area contributed by atoms with Crippen molar-refractivity contribution in [3.8, 4) is 11.5 Å². The highest BCUT2D eigenvalue weighted by Crippen LogP contribution is 2.30. The van der Waals surface area contributed by atoms with E-state index >= 15 is 0 Å². The van der Waals surface area contributed by atoms with Gasteiger partial charge in [0.15, 0.2) is 11.5 Å². The lowest BCUT2D eigenvalue weighted by atomic mass is 10.0. The number of carbonyl (C=O) groups excluding carboxylic acids is 3. The van der Waals surface area contributed by atoms with Gasteiger partial charge in [-0.3, -0.25) is 14.4 Å². The number of carbonyl (C=O) groups is 4. The molecule has 0 aromatic heterocycles. The van der Waals surface area contributed by atoms with Crippen LogP contribution >= 0.6 is 0 Å². The summed E-state index contributed by atoms with van der Waals surface area (Å²) >= 11 is 0. The van der Waals surface area contributed by atoms with Crippen LogP contribution in [-0.2, 0) is 30.3 Å². The van der Waals surface area contributed by atoms with Crippen LogP contribution in [0.3, 0.4) is 0 Å². The molecule has 2 unspecified atom stereocenters. The third-order valence-corrected chi connectivity index (χ3v) is 6.22. The van der Waals surface area contributed by atoms with E-state index in [0.29, 0.717) is 30.2 Å². The first-order valence-electron chi connectivity index (χ1n) is 14.1. The Labute approximate surface area is 238 Å².